The molecule has 3 aliphatic rings. The molecule has 3 aliphatic heterocycles. The van der Waals surface area contributed by atoms with E-state index in [-0.39, 0.29) is 85.2 Å². The van der Waals surface area contributed by atoms with Crippen LogP contribution in [0.5, 0.6) is 0 Å². The Balaban J connectivity index is -0.0000000746. The minimum atomic E-state index is -5.88. The molecule has 3 saturated heterocycles. The van der Waals surface area contributed by atoms with Gasteiger partial charge in [-0.05, 0) is 20.8 Å². The van der Waals surface area contributed by atoms with Gasteiger partial charge >= 0.3 is 0 Å². The monoisotopic (exact) mass is 1440 g/mol. The van der Waals surface area contributed by atoms with Crippen molar-refractivity contribution in [3.05, 3.63) is 0 Å². The second kappa shape index (κ2) is 54.4. The largest absolute Gasteiger partial charge is 0.756 e. The molecular formula is C40H106O36P9-9. The summed E-state index contributed by atoms with van der Waals surface area (Å²) >= 11 is 0. The van der Waals surface area contributed by atoms with Crippen LogP contribution in [0.25, 0.3) is 0 Å². The molecular weight excluding hydrogens is 1340 g/mol. The molecule has 0 aliphatic carbocycles. The van der Waals surface area contributed by atoms with Crippen LogP contribution in [0.1, 0.15) is 162 Å². The van der Waals surface area contributed by atoms with Gasteiger partial charge in [0.2, 0.25) is 0 Å². The predicted molar refractivity (Wildman–Crippen MR) is 304 cm³/mol. The third-order valence-corrected chi connectivity index (χ3v) is 19.8. The van der Waals surface area contributed by atoms with Crippen LogP contribution >= 0.6 is 70.4 Å². The fourth-order valence-electron chi connectivity index (χ4n) is 5.36. The molecule has 3 heterocycles. The zero-order chi connectivity index (χ0) is 61.0. The lowest BCUT2D eigenvalue weighted by molar-refractivity contribution is -0.255. The Labute approximate surface area is 508 Å². The molecule has 0 bridgehead atoms. The molecule has 0 saturated carbocycles. The first-order valence-corrected chi connectivity index (χ1v) is 35.2. The quantitative estimate of drug-likeness (QED) is 0.0850. The Kier molecular flexibility index (Phi) is 74.6. The van der Waals surface area contributed by atoms with Crippen LogP contribution in [0, 0.1) is 0 Å². The molecule has 85 heavy (non-hydrogen) atoms. The first-order valence-electron chi connectivity index (χ1n) is 22.0. The van der Waals surface area contributed by atoms with Crippen molar-refractivity contribution in [2.45, 2.75) is 217 Å². The van der Waals surface area contributed by atoms with Gasteiger partial charge in [-0.25, -0.2) is 25.9 Å². The summed E-state index contributed by atoms with van der Waals surface area (Å²) in [4.78, 5) is 108. The highest BCUT2D eigenvalue weighted by Crippen LogP contribution is 2.64. The van der Waals surface area contributed by atoms with Crippen LogP contribution < -0.4 is 44.0 Å². The number of ether oxygens (including phenoxy) is 6. The lowest BCUT2D eigenvalue weighted by Crippen LogP contribution is -2.29. The Morgan fingerprint density at radius 1 is 0.341 bits per heavy atom. The van der Waals surface area contributed by atoms with Crippen LogP contribution in [-0.2, 0) is 118 Å². The van der Waals surface area contributed by atoms with Crippen LogP contribution in [-0.4, -0.2) is 115 Å². The van der Waals surface area contributed by atoms with Gasteiger partial charge in [0.1, 0.15) is 18.3 Å². The lowest BCUT2D eigenvalue weighted by Gasteiger charge is -2.34. The molecule has 12 unspecified atom stereocenters. The van der Waals surface area contributed by atoms with E-state index in [1.54, 1.807) is 20.8 Å². The summed E-state index contributed by atoms with van der Waals surface area (Å²) in [6, 6.07) is 0. The molecule has 3 rings (SSSR count). The van der Waals surface area contributed by atoms with Crippen molar-refractivity contribution in [2.75, 3.05) is 55.4 Å². The molecule has 18 atom stereocenters. The van der Waals surface area contributed by atoms with Crippen molar-refractivity contribution in [3.8, 4) is 0 Å². The maximum Gasteiger partial charge on any atom is 0.280 e. The van der Waals surface area contributed by atoms with Gasteiger partial charge in [0.05, 0.1) is 56.4 Å². The molecule has 0 radical (unpaired) electrons. The van der Waals surface area contributed by atoms with E-state index in [9.17, 15) is 85.1 Å². The van der Waals surface area contributed by atoms with Crippen molar-refractivity contribution >= 4 is 70.4 Å². The number of hydrogen-bond donors (Lipinski definition) is 1. The highest BCUT2D eigenvalue weighted by atomic mass is 31.3. The SMILES string of the molecule is C.C.C.C.C.C.C.C.C.CC.CC.CC.CC.COC1C[C@H](C)O[C@@H]1COP(=O)([O-])OP(=O)([O-])OP(=O)([O-])O.COC1C[C@H](C)O[C@@H]1COP(=O)([O-])OP(=O)([O-])OP(=O)([O-])OC.COC1C[C@H](C)O[C@@H]1COP(=O)([O-])OP(=O)([O-])OP(=O)([O-])OC. The molecule has 45 heteroatoms. The van der Waals surface area contributed by atoms with E-state index >= 15 is 0 Å². The average Bonchev–Trinajstić information content (AvgIpc) is 3.98. The summed E-state index contributed by atoms with van der Waals surface area (Å²) in [5, 5.41) is 0. The Morgan fingerprint density at radius 3 is 0.682 bits per heavy atom. The van der Waals surface area contributed by atoms with Crippen LogP contribution in [0.3, 0.4) is 0 Å². The number of rotatable bonds is 26. The first kappa shape index (κ1) is 117. The third kappa shape index (κ3) is 55.2. The molecule has 3 fully saturated rings. The molecule has 1 N–H and O–H groups in total. The zero-order valence-corrected chi connectivity index (χ0v) is 52.2. The number of hydrogen-bond acceptors (Lipinski definition) is 35. The molecule has 0 aromatic heterocycles. The first-order chi connectivity index (χ1) is 34.6. The number of phosphoric ester groups is 5. The molecule has 36 nitrogen and oxygen atoms in total. The molecule has 536 valence electrons. The minimum absolute atomic E-state index is 0. The Hall–Kier alpha value is 0.990. The van der Waals surface area contributed by atoms with Gasteiger partial charge < -0.3 is 100.0 Å². The molecule has 0 aromatic rings. The van der Waals surface area contributed by atoms with Crippen LogP contribution in [0.15, 0.2) is 0 Å². The summed E-state index contributed by atoms with van der Waals surface area (Å²) in [6.45, 7) is 19.4. The average molecular weight is 1440 g/mol. The summed E-state index contributed by atoms with van der Waals surface area (Å²) < 4.78 is 172. The van der Waals surface area contributed by atoms with Crippen molar-refractivity contribution in [1.29, 1.82) is 0 Å². The van der Waals surface area contributed by atoms with Gasteiger partial charge in [-0.3, -0.25) is 41.1 Å². The smallest absolute Gasteiger partial charge is 0.280 e. The van der Waals surface area contributed by atoms with E-state index in [2.05, 4.69) is 48.5 Å². The van der Waals surface area contributed by atoms with Crippen molar-refractivity contribution in [3.63, 3.8) is 0 Å². The summed E-state index contributed by atoms with van der Waals surface area (Å²) in [5.41, 5.74) is 0. The van der Waals surface area contributed by atoms with Crippen molar-refractivity contribution < 1.29 is 167 Å². The van der Waals surface area contributed by atoms with Crippen molar-refractivity contribution in [2.24, 2.45) is 0 Å². The summed E-state index contributed by atoms with van der Waals surface area (Å²) in [6.07, 6.45) is -2.87. The zero-order valence-electron chi connectivity index (χ0n) is 44.2. The van der Waals surface area contributed by atoms with Crippen molar-refractivity contribution in [1.82, 2.24) is 0 Å². The fraction of sp³-hybridized carbons (Fsp3) is 1.00. The standard InChI is InChI=1S/2C8H19O12P3.C7H17O12P3.4C2H6.9CH4/c2*1-6-4-7(15-2)8(18-6)5-17-22(11,12)20-23(13,14)19-21(9,10)16-3;1-5-3-6(15-2)7(17-5)4-16-21(11,12)19-22(13,14)18-20(8,9)10;4*1-2;;;;;;;;;/h2*6-8H,4-5H2,1-3H3,(H,9,10)(H,11,12)(H,13,14);5-7H,3-4H2,1-2H3,(H,11,12)(H,13,14)(H2,8,9,10);4*1-2H3;9*1H4/p-9/t2*6-,7?,8+;5-,6?,7+;;;;;;;;;;;;;/m000............./s1. The summed E-state index contributed by atoms with van der Waals surface area (Å²) in [5.74, 6) is 0. The highest BCUT2D eigenvalue weighted by molar-refractivity contribution is 7.66. The van der Waals surface area contributed by atoms with Crippen LogP contribution in [0.2, 0.25) is 0 Å². The Morgan fingerprint density at radius 2 is 0.518 bits per heavy atom. The normalized spacial score (nSPS) is 26.8. The Bertz CT molecular complexity index is 1960. The van der Waals surface area contributed by atoms with Gasteiger partial charge in [-0.1, -0.05) is 122 Å². The second-order valence-electron chi connectivity index (χ2n) is 13.3. The minimum Gasteiger partial charge on any atom is -0.756 e. The van der Waals surface area contributed by atoms with Gasteiger partial charge in [0.25, 0.3) is 70.4 Å². The van der Waals surface area contributed by atoms with E-state index in [1.165, 1.54) is 21.3 Å². The molecule has 0 aromatic carbocycles. The highest BCUT2D eigenvalue weighted by Gasteiger charge is 2.38. The van der Waals surface area contributed by atoms with Gasteiger partial charge in [0, 0.05) is 54.8 Å². The van der Waals surface area contributed by atoms with Gasteiger partial charge in [-0.15, -0.1) is 0 Å². The van der Waals surface area contributed by atoms with E-state index in [0.717, 1.165) is 0 Å². The number of phosphoric acid groups is 9. The summed E-state index contributed by atoms with van der Waals surface area (Å²) in [7, 11) is -44.6. The van der Waals surface area contributed by atoms with E-state index in [4.69, 9.17) is 33.3 Å². The fourth-order valence-corrected chi connectivity index (χ4v) is 14.5. The topological polar surface area (TPSA) is 538 Å². The van der Waals surface area contributed by atoms with Crippen LogP contribution in [0.4, 0.5) is 0 Å². The maximum atomic E-state index is 11.5. The third-order valence-electron chi connectivity index (χ3n) is 7.91. The molecule has 0 spiro atoms. The number of methoxy groups -OCH3 is 3. The van der Waals surface area contributed by atoms with E-state index in [0.29, 0.717) is 33.5 Å². The van der Waals surface area contributed by atoms with E-state index in [1.807, 2.05) is 55.4 Å². The predicted octanol–water partition coefficient (Wildman–Crippen LogP) is 7.02. The van der Waals surface area contributed by atoms with Gasteiger partial charge in [-0.2, -0.15) is 0 Å². The maximum absolute atomic E-state index is 11.5. The van der Waals surface area contributed by atoms with Gasteiger partial charge in [0.15, 0.2) is 0 Å². The second-order valence-corrected chi connectivity index (χ2v) is 26.8. The molecule has 0 amide bonds. The lowest BCUT2D eigenvalue weighted by atomic mass is 10.1. The van der Waals surface area contributed by atoms with E-state index < -0.39 is 127 Å².